The van der Waals surface area contributed by atoms with Gasteiger partial charge in [-0.1, -0.05) is 11.6 Å². The van der Waals surface area contributed by atoms with Gasteiger partial charge < -0.3 is 5.11 Å². The van der Waals surface area contributed by atoms with Crippen LogP contribution in [0.5, 0.6) is 5.75 Å². The zero-order valence-corrected chi connectivity index (χ0v) is 9.24. The molecule has 0 saturated heterocycles. The standard InChI is InChI=1S/C6H3BrClIO/c7-6-4(8)1-3(9)2-5(6)10/h1-2,10H. The summed E-state index contributed by atoms with van der Waals surface area (Å²) in [5.41, 5.74) is 0. The van der Waals surface area contributed by atoms with Crippen molar-refractivity contribution in [1.29, 1.82) is 0 Å². The van der Waals surface area contributed by atoms with E-state index >= 15 is 0 Å². The van der Waals surface area contributed by atoms with Crippen molar-refractivity contribution in [2.24, 2.45) is 0 Å². The van der Waals surface area contributed by atoms with E-state index in [0.717, 1.165) is 3.57 Å². The van der Waals surface area contributed by atoms with Crippen LogP contribution in [0, 0.1) is 3.57 Å². The van der Waals surface area contributed by atoms with Crippen LogP contribution < -0.4 is 0 Å². The van der Waals surface area contributed by atoms with Gasteiger partial charge in [0.05, 0.1) is 9.50 Å². The average Bonchev–Trinajstić information content (AvgIpc) is 1.82. The molecule has 0 bridgehead atoms. The van der Waals surface area contributed by atoms with E-state index in [-0.39, 0.29) is 5.75 Å². The van der Waals surface area contributed by atoms with Gasteiger partial charge in [0.1, 0.15) is 5.75 Å². The highest BCUT2D eigenvalue weighted by molar-refractivity contribution is 14.1. The molecule has 0 saturated carbocycles. The van der Waals surface area contributed by atoms with Gasteiger partial charge in [0.2, 0.25) is 0 Å². The van der Waals surface area contributed by atoms with Crippen molar-refractivity contribution in [2.75, 3.05) is 0 Å². The third-order valence-electron chi connectivity index (χ3n) is 0.974. The van der Waals surface area contributed by atoms with E-state index in [1.807, 2.05) is 0 Å². The zero-order chi connectivity index (χ0) is 7.72. The summed E-state index contributed by atoms with van der Waals surface area (Å²) >= 11 is 10.9. The first-order chi connectivity index (χ1) is 4.61. The molecule has 4 heteroatoms. The average molecular weight is 333 g/mol. The lowest BCUT2D eigenvalue weighted by molar-refractivity contribution is 0.471. The molecule has 0 unspecified atom stereocenters. The van der Waals surface area contributed by atoms with E-state index in [2.05, 4.69) is 38.5 Å². The van der Waals surface area contributed by atoms with Crippen molar-refractivity contribution in [1.82, 2.24) is 0 Å². The van der Waals surface area contributed by atoms with Gasteiger partial charge >= 0.3 is 0 Å². The molecule has 1 N–H and O–H groups in total. The van der Waals surface area contributed by atoms with Crippen LogP contribution >= 0.6 is 50.1 Å². The molecule has 1 aromatic carbocycles. The molecule has 0 fully saturated rings. The predicted octanol–water partition coefficient (Wildman–Crippen LogP) is 3.41. The van der Waals surface area contributed by atoms with Crippen molar-refractivity contribution < 1.29 is 5.11 Å². The van der Waals surface area contributed by atoms with Gasteiger partial charge in [-0.2, -0.15) is 0 Å². The molecule has 1 rings (SSSR count). The maximum Gasteiger partial charge on any atom is 0.132 e. The Morgan fingerprint density at radius 3 is 2.60 bits per heavy atom. The SMILES string of the molecule is Oc1cc(I)cc(Cl)c1Br. The minimum absolute atomic E-state index is 0.178. The number of benzene rings is 1. The highest BCUT2D eigenvalue weighted by Gasteiger charge is 2.03. The predicted molar refractivity (Wildman–Crippen MR) is 53.5 cm³/mol. The molecule has 0 heterocycles. The van der Waals surface area contributed by atoms with Crippen molar-refractivity contribution in [3.63, 3.8) is 0 Å². The Labute approximate surface area is 85.7 Å². The number of halogens is 3. The molecule has 0 atom stereocenters. The van der Waals surface area contributed by atoms with Gasteiger partial charge in [-0.15, -0.1) is 0 Å². The molecule has 10 heavy (non-hydrogen) atoms. The molecule has 0 aliphatic rings. The molecule has 0 spiro atoms. The van der Waals surface area contributed by atoms with E-state index in [9.17, 15) is 0 Å². The van der Waals surface area contributed by atoms with Crippen LogP contribution in [0.2, 0.25) is 5.02 Å². The molecule has 0 amide bonds. The third kappa shape index (κ3) is 1.77. The lowest BCUT2D eigenvalue weighted by Gasteiger charge is -1.99. The van der Waals surface area contributed by atoms with Crippen LogP contribution in [0.3, 0.4) is 0 Å². The second kappa shape index (κ2) is 3.28. The third-order valence-corrected chi connectivity index (χ3v) is 2.96. The fourth-order valence-corrected chi connectivity index (χ4v) is 1.78. The second-order valence-electron chi connectivity index (χ2n) is 1.72. The van der Waals surface area contributed by atoms with Gasteiger partial charge in [-0.3, -0.25) is 0 Å². The van der Waals surface area contributed by atoms with Crippen molar-refractivity contribution in [3.05, 3.63) is 25.2 Å². The topological polar surface area (TPSA) is 20.2 Å². The summed E-state index contributed by atoms with van der Waals surface area (Å²) in [6, 6.07) is 3.41. The summed E-state index contributed by atoms with van der Waals surface area (Å²) in [5.74, 6) is 0.178. The highest BCUT2D eigenvalue weighted by atomic mass is 127. The minimum Gasteiger partial charge on any atom is -0.507 e. The fourth-order valence-electron chi connectivity index (χ4n) is 0.542. The first-order valence-corrected chi connectivity index (χ1v) is 4.69. The van der Waals surface area contributed by atoms with Gasteiger partial charge in [-0.25, -0.2) is 0 Å². The second-order valence-corrected chi connectivity index (χ2v) is 4.17. The van der Waals surface area contributed by atoms with E-state index in [0.29, 0.717) is 9.50 Å². The summed E-state index contributed by atoms with van der Waals surface area (Å²) in [4.78, 5) is 0. The van der Waals surface area contributed by atoms with Crippen molar-refractivity contribution in [3.8, 4) is 5.75 Å². The normalized spacial score (nSPS) is 9.90. The van der Waals surface area contributed by atoms with E-state index in [1.54, 1.807) is 12.1 Å². The van der Waals surface area contributed by atoms with Crippen molar-refractivity contribution in [2.45, 2.75) is 0 Å². The summed E-state index contributed by atoms with van der Waals surface area (Å²) in [5, 5.41) is 9.68. The number of phenols is 1. The molecule has 0 aliphatic carbocycles. The Hall–Kier alpha value is 0.520. The lowest BCUT2D eigenvalue weighted by atomic mass is 10.3. The monoisotopic (exact) mass is 332 g/mol. The summed E-state index contributed by atoms with van der Waals surface area (Å²) in [7, 11) is 0. The molecule has 1 nitrogen and oxygen atoms in total. The van der Waals surface area contributed by atoms with Crippen LogP contribution in [0.15, 0.2) is 16.6 Å². The number of phenolic OH excluding ortho intramolecular Hbond substituents is 1. The summed E-state index contributed by atoms with van der Waals surface area (Å²) < 4.78 is 1.47. The van der Waals surface area contributed by atoms with Crippen LogP contribution in [0.25, 0.3) is 0 Å². The van der Waals surface area contributed by atoms with E-state index < -0.39 is 0 Å². The smallest absolute Gasteiger partial charge is 0.132 e. The van der Waals surface area contributed by atoms with Crippen LogP contribution in [-0.4, -0.2) is 5.11 Å². The van der Waals surface area contributed by atoms with Gasteiger partial charge in [0.25, 0.3) is 0 Å². The Morgan fingerprint density at radius 1 is 1.50 bits per heavy atom. The molecule has 0 aliphatic heterocycles. The summed E-state index contributed by atoms with van der Waals surface area (Å²) in [6.45, 7) is 0. The van der Waals surface area contributed by atoms with Crippen LogP contribution in [-0.2, 0) is 0 Å². The molecule has 0 aromatic heterocycles. The summed E-state index contributed by atoms with van der Waals surface area (Å²) in [6.07, 6.45) is 0. The van der Waals surface area contributed by atoms with E-state index in [4.69, 9.17) is 16.7 Å². The van der Waals surface area contributed by atoms with Crippen molar-refractivity contribution >= 4 is 50.1 Å². The Morgan fingerprint density at radius 2 is 2.10 bits per heavy atom. The Balaban J connectivity index is 3.31. The maximum atomic E-state index is 9.14. The Kier molecular flexibility index (Phi) is 2.82. The number of aromatic hydroxyl groups is 1. The van der Waals surface area contributed by atoms with Crippen LogP contribution in [0.1, 0.15) is 0 Å². The lowest BCUT2D eigenvalue weighted by Crippen LogP contribution is -1.74. The molecular formula is C6H3BrClIO. The quantitative estimate of drug-likeness (QED) is 0.570. The largest absolute Gasteiger partial charge is 0.507 e. The number of hydrogen-bond acceptors (Lipinski definition) is 1. The van der Waals surface area contributed by atoms with Gasteiger partial charge in [0, 0.05) is 3.57 Å². The number of hydrogen-bond donors (Lipinski definition) is 1. The Bertz CT molecular complexity index is 241. The van der Waals surface area contributed by atoms with Crippen LogP contribution in [0.4, 0.5) is 0 Å². The molecule has 0 radical (unpaired) electrons. The first-order valence-electron chi connectivity index (χ1n) is 2.45. The van der Waals surface area contributed by atoms with Gasteiger partial charge in [0.15, 0.2) is 0 Å². The molecule has 54 valence electrons. The molecular weight excluding hydrogens is 330 g/mol. The minimum atomic E-state index is 0.178. The number of rotatable bonds is 0. The zero-order valence-electron chi connectivity index (χ0n) is 4.74. The van der Waals surface area contributed by atoms with Gasteiger partial charge in [-0.05, 0) is 50.7 Å². The highest BCUT2D eigenvalue weighted by Crippen LogP contribution is 2.32. The fraction of sp³-hybridized carbons (Fsp3) is 0. The molecule has 1 aromatic rings. The van der Waals surface area contributed by atoms with E-state index in [1.165, 1.54) is 0 Å². The first kappa shape index (κ1) is 8.62. The maximum absolute atomic E-state index is 9.14.